The maximum Gasteiger partial charge on any atom is 0.336 e. The van der Waals surface area contributed by atoms with Crippen LogP contribution in [0.25, 0.3) is 33.3 Å². The number of carboxylic acids is 1. The topological polar surface area (TPSA) is 63.3 Å². The zero-order chi connectivity index (χ0) is 18.5. The van der Waals surface area contributed by atoms with Gasteiger partial charge in [-0.05, 0) is 41.3 Å². The van der Waals surface area contributed by atoms with Crippen molar-refractivity contribution in [3.63, 3.8) is 0 Å². The summed E-state index contributed by atoms with van der Waals surface area (Å²) in [6, 6.07) is 17.0. The molecule has 2 heterocycles. The SMILES string of the molecule is CC(C)(C)c1ccc2nc(-c3cc4ccccc4o3)cc(C(=O)O)c2c1. The van der Waals surface area contributed by atoms with E-state index in [1.807, 2.05) is 48.5 Å². The Morgan fingerprint density at radius 2 is 1.81 bits per heavy atom. The van der Waals surface area contributed by atoms with Crippen LogP contribution >= 0.6 is 0 Å². The molecular weight excluding hydrogens is 326 g/mol. The number of hydrogen-bond acceptors (Lipinski definition) is 3. The van der Waals surface area contributed by atoms with Crippen molar-refractivity contribution in [1.82, 2.24) is 4.98 Å². The number of furan rings is 1. The third-order valence-electron chi connectivity index (χ3n) is 4.58. The molecule has 2 aromatic heterocycles. The van der Waals surface area contributed by atoms with Crippen LogP contribution in [-0.4, -0.2) is 16.1 Å². The van der Waals surface area contributed by atoms with Gasteiger partial charge in [0, 0.05) is 10.8 Å². The second kappa shape index (κ2) is 5.70. The highest BCUT2D eigenvalue weighted by molar-refractivity contribution is 6.04. The van der Waals surface area contributed by atoms with Gasteiger partial charge < -0.3 is 9.52 Å². The standard InChI is InChI=1S/C22H19NO3/c1-22(2,3)14-8-9-17-15(11-14)16(21(24)25)12-18(23-17)20-10-13-6-4-5-7-19(13)26-20/h4-12H,1-3H3,(H,24,25). The average Bonchev–Trinajstić information content (AvgIpc) is 3.03. The number of carboxylic acid groups (broad SMARTS) is 1. The number of pyridine rings is 1. The molecule has 4 nitrogen and oxygen atoms in total. The second-order valence-corrected chi connectivity index (χ2v) is 7.49. The van der Waals surface area contributed by atoms with Gasteiger partial charge in [0.2, 0.25) is 0 Å². The first-order chi connectivity index (χ1) is 12.3. The fourth-order valence-electron chi connectivity index (χ4n) is 3.10. The molecule has 0 saturated heterocycles. The molecule has 0 saturated carbocycles. The van der Waals surface area contributed by atoms with E-state index < -0.39 is 5.97 Å². The molecule has 4 rings (SSSR count). The van der Waals surface area contributed by atoms with Gasteiger partial charge >= 0.3 is 5.97 Å². The lowest BCUT2D eigenvalue weighted by Crippen LogP contribution is -2.11. The van der Waals surface area contributed by atoms with E-state index in [4.69, 9.17) is 4.42 Å². The summed E-state index contributed by atoms with van der Waals surface area (Å²) in [6.07, 6.45) is 0. The maximum absolute atomic E-state index is 11.9. The first-order valence-corrected chi connectivity index (χ1v) is 8.50. The molecule has 130 valence electrons. The Bertz CT molecular complexity index is 1120. The summed E-state index contributed by atoms with van der Waals surface area (Å²) in [6.45, 7) is 6.31. The minimum absolute atomic E-state index is 0.0681. The number of fused-ring (bicyclic) bond motifs is 2. The summed E-state index contributed by atoms with van der Waals surface area (Å²) in [5.41, 5.74) is 3.16. The summed E-state index contributed by atoms with van der Waals surface area (Å²) in [7, 11) is 0. The van der Waals surface area contributed by atoms with E-state index in [9.17, 15) is 9.90 Å². The van der Waals surface area contributed by atoms with Crippen molar-refractivity contribution in [2.75, 3.05) is 0 Å². The molecule has 26 heavy (non-hydrogen) atoms. The van der Waals surface area contributed by atoms with Crippen LogP contribution in [0.15, 0.2) is 59.0 Å². The molecule has 0 bridgehead atoms. The Labute approximate surface area is 151 Å². The molecule has 0 amide bonds. The molecule has 0 fully saturated rings. The highest BCUT2D eigenvalue weighted by Gasteiger charge is 2.19. The molecule has 0 aliphatic heterocycles. The van der Waals surface area contributed by atoms with Crippen LogP contribution in [0, 0.1) is 0 Å². The van der Waals surface area contributed by atoms with Gasteiger partial charge in [-0.15, -0.1) is 0 Å². The Balaban J connectivity index is 1.96. The smallest absolute Gasteiger partial charge is 0.336 e. The van der Waals surface area contributed by atoms with Crippen LogP contribution < -0.4 is 0 Å². The van der Waals surface area contributed by atoms with Gasteiger partial charge in [-0.25, -0.2) is 9.78 Å². The largest absolute Gasteiger partial charge is 0.478 e. The van der Waals surface area contributed by atoms with E-state index >= 15 is 0 Å². The summed E-state index contributed by atoms with van der Waals surface area (Å²) in [5.74, 6) is -0.406. The van der Waals surface area contributed by atoms with Crippen molar-refractivity contribution in [2.45, 2.75) is 26.2 Å². The molecule has 1 N–H and O–H groups in total. The van der Waals surface area contributed by atoms with Crippen LogP contribution in [0.5, 0.6) is 0 Å². The average molecular weight is 345 g/mol. The van der Waals surface area contributed by atoms with Crippen molar-refractivity contribution < 1.29 is 14.3 Å². The van der Waals surface area contributed by atoms with Crippen LogP contribution in [0.2, 0.25) is 0 Å². The van der Waals surface area contributed by atoms with Crippen molar-refractivity contribution >= 4 is 27.8 Å². The van der Waals surface area contributed by atoms with E-state index in [2.05, 4.69) is 25.8 Å². The Morgan fingerprint density at radius 1 is 1.04 bits per heavy atom. The van der Waals surface area contributed by atoms with Gasteiger partial charge in [0.1, 0.15) is 11.3 Å². The second-order valence-electron chi connectivity index (χ2n) is 7.49. The molecule has 4 heteroatoms. The Morgan fingerprint density at radius 3 is 2.50 bits per heavy atom. The van der Waals surface area contributed by atoms with E-state index in [0.29, 0.717) is 22.4 Å². The van der Waals surface area contributed by atoms with Gasteiger partial charge in [0.05, 0.1) is 11.1 Å². The number of carbonyl (C=O) groups is 1. The predicted molar refractivity (Wildman–Crippen MR) is 103 cm³/mol. The summed E-state index contributed by atoms with van der Waals surface area (Å²) in [5, 5.41) is 11.3. The number of aromatic nitrogens is 1. The lowest BCUT2D eigenvalue weighted by atomic mass is 9.86. The van der Waals surface area contributed by atoms with Crippen molar-refractivity contribution in [1.29, 1.82) is 0 Å². The molecule has 0 unspecified atom stereocenters. The predicted octanol–water partition coefficient (Wildman–Crippen LogP) is 5.64. The van der Waals surface area contributed by atoms with Gasteiger partial charge in [0.15, 0.2) is 5.76 Å². The highest BCUT2D eigenvalue weighted by Crippen LogP contribution is 2.32. The van der Waals surface area contributed by atoms with Gasteiger partial charge in [-0.2, -0.15) is 0 Å². The van der Waals surface area contributed by atoms with Crippen LogP contribution in [-0.2, 0) is 5.41 Å². The molecular formula is C22H19NO3. The van der Waals surface area contributed by atoms with E-state index in [0.717, 1.165) is 16.5 Å². The summed E-state index contributed by atoms with van der Waals surface area (Å²) >= 11 is 0. The maximum atomic E-state index is 11.9. The number of rotatable bonds is 2. The minimum atomic E-state index is -0.971. The lowest BCUT2D eigenvalue weighted by molar-refractivity contribution is 0.0699. The van der Waals surface area contributed by atoms with Crippen LogP contribution in [0.3, 0.4) is 0 Å². The summed E-state index contributed by atoms with van der Waals surface area (Å²) in [4.78, 5) is 16.5. The first kappa shape index (κ1) is 16.3. The van der Waals surface area contributed by atoms with Gasteiger partial charge in [-0.1, -0.05) is 45.0 Å². The number of hydrogen-bond donors (Lipinski definition) is 1. The number of benzene rings is 2. The fourth-order valence-corrected chi connectivity index (χ4v) is 3.10. The Kier molecular flexibility index (Phi) is 3.58. The lowest BCUT2D eigenvalue weighted by Gasteiger charge is -2.19. The number of para-hydroxylation sites is 1. The van der Waals surface area contributed by atoms with E-state index in [1.54, 1.807) is 6.07 Å². The van der Waals surface area contributed by atoms with Crippen molar-refractivity contribution in [3.05, 3.63) is 65.7 Å². The zero-order valence-electron chi connectivity index (χ0n) is 14.9. The Hall–Kier alpha value is -3.14. The third kappa shape index (κ3) is 2.73. The fraction of sp³-hybridized carbons (Fsp3) is 0.182. The molecule has 2 aromatic carbocycles. The van der Waals surface area contributed by atoms with Gasteiger partial charge in [0.25, 0.3) is 0 Å². The quantitative estimate of drug-likeness (QED) is 0.510. The molecule has 4 aromatic rings. The van der Waals surface area contributed by atoms with E-state index in [1.165, 1.54) is 0 Å². The minimum Gasteiger partial charge on any atom is -0.478 e. The molecule has 0 atom stereocenters. The zero-order valence-corrected chi connectivity index (χ0v) is 14.9. The molecule has 0 aliphatic rings. The first-order valence-electron chi connectivity index (χ1n) is 8.50. The normalized spacial score (nSPS) is 12.0. The van der Waals surface area contributed by atoms with Crippen molar-refractivity contribution in [3.8, 4) is 11.5 Å². The van der Waals surface area contributed by atoms with E-state index in [-0.39, 0.29) is 11.0 Å². The summed E-state index contributed by atoms with van der Waals surface area (Å²) < 4.78 is 5.86. The number of aromatic carboxylic acids is 1. The monoisotopic (exact) mass is 345 g/mol. The van der Waals surface area contributed by atoms with Crippen LogP contribution in [0.1, 0.15) is 36.7 Å². The molecule has 0 radical (unpaired) electrons. The third-order valence-corrected chi connectivity index (χ3v) is 4.58. The number of nitrogens with zero attached hydrogens (tertiary/aromatic N) is 1. The molecule has 0 spiro atoms. The van der Waals surface area contributed by atoms with Gasteiger partial charge in [-0.3, -0.25) is 0 Å². The highest BCUT2D eigenvalue weighted by atomic mass is 16.4. The van der Waals surface area contributed by atoms with Crippen LogP contribution in [0.4, 0.5) is 0 Å². The van der Waals surface area contributed by atoms with Crippen molar-refractivity contribution in [2.24, 2.45) is 0 Å². The molecule has 0 aliphatic carbocycles.